The third kappa shape index (κ3) is 7.34. The van der Waals surface area contributed by atoms with Gasteiger partial charge in [0.2, 0.25) is 0 Å². The summed E-state index contributed by atoms with van der Waals surface area (Å²) in [5, 5.41) is 16.6. The van der Waals surface area contributed by atoms with Gasteiger partial charge in [0.1, 0.15) is 6.61 Å². The summed E-state index contributed by atoms with van der Waals surface area (Å²) in [5.74, 6) is -2.47. The Morgan fingerprint density at radius 3 is 2.52 bits per heavy atom. The normalized spacial score (nSPS) is 10.6. The van der Waals surface area contributed by atoms with Crippen molar-refractivity contribution < 1.29 is 29.0 Å². The van der Waals surface area contributed by atoms with Gasteiger partial charge in [0.05, 0.1) is 18.8 Å². The van der Waals surface area contributed by atoms with E-state index in [-0.39, 0.29) is 11.8 Å². The molecule has 2 amide bonds. The summed E-state index contributed by atoms with van der Waals surface area (Å²) in [5.41, 5.74) is 2.65. The van der Waals surface area contributed by atoms with Crippen LogP contribution in [0.1, 0.15) is 26.3 Å². The van der Waals surface area contributed by atoms with Crippen LogP contribution in [0.15, 0.2) is 23.3 Å². The van der Waals surface area contributed by atoms with Crippen molar-refractivity contribution in [3.8, 4) is 11.5 Å². The lowest BCUT2D eigenvalue weighted by atomic mass is 10.2. The van der Waals surface area contributed by atoms with Crippen LogP contribution in [0.5, 0.6) is 11.5 Å². The molecule has 1 aromatic rings. The molecule has 0 bridgehead atoms. The number of aliphatic carboxylic acids is 1. The molecule has 0 saturated heterocycles. The zero-order valence-electron chi connectivity index (χ0n) is 14.2. The van der Waals surface area contributed by atoms with E-state index >= 15 is 0 Å². The number of ether oxygens (including phenoxy) is 2. The molecule has 0 atom stereocenters. The molecule has 25 heavy (non-hydrogen) atoms. The largest absolute Gasteiger partial charge is 0.546 e. The number of carbonyl (C=O) groups is 3. The third-order valence-corrected chi connectivity index (χ3v) is 2.62. The Balaban J connectivity index is 2.74. The Labute approximate surface area is 145 Å². The molecule has 0 aromatic heterocycles. The van der Waals surface area contributed by atoms with E-state index in [1.54, 1.807) is 32.9 Å². The summed E-state index contributed by atoms with van der Waals surface area (Å²) in [6.07, 6.45) is 1.31. The minimum atomic E-state index is -1.35. The summed E-state index contributed by atoms with van der Waals surface area (Å²) < 4.78 is 10.4. The number of benzene rings is 1. The van der Waals surface area contributed by atoms with Crippen molar-refractivity contribution in [2.75, 3.05) is 13.2 Å². The van der Waals surface area contributed by atoms with Crippen molar-refractivity contribution in [1.82, 2.24) is 10.7 Å². The molecule has 1 rings (SSSR count). The molecule has 0 radical (unpaired) electrons. The molecule has 9 heteroatoms. The first-order valence-corrected chi connectivity index (χ1v) is 7.56. The number of hydrazone groups is 1. The molecule has 0 unspecified atom stereocenters. The van der Waals surface area contributed by atoms with E-state index in [2.05, 4.69) is 15.8 Å². The zero-order chi connectivity index (χ0) is 18.8. The zero-order valence-corrected chi connectivity index (χ0v) is 14.2. The summed E-state index contributed by atoms with van der Waals surface area (Å²) in [6, 6.07) is 4.47. The van der Waals surface area contributed by atoms with Gasteiger partial charge in [0.15, 0.2) is 11.5 Å². The number of rotatable bonds is 8. The van der Waals surface area contributed by atoms with Crippen LogP contribution in [-0.2, 0) is 14.4 Å². The summed E-state index contributed by atoms with van der Waals surface area (Å²) in [4.78, 5) is 33.4. The van der Waals surface area contributed by atoms with Gasteiger partial charge in [0.25, 0.3) is 0 Å². The number of carboxylic acids is 1. The van der Waals surface area contributed by atoms with Crippen molar-refractivity contribution >= 4 is 24.0 Å². The molecule has 136 valence electrons. The molecule has 0 spiro atoms. The molecule has 0 aliphatic carbocycles. The van der Waals surface area contributed by atoms with Gasteiger partial charge < -0.3 is 24.7 Å². The van der Waals surface area contributed by atoms with Gasteiger partial charge in [-0.1, -0.05) is 0 Å². The highest BCUT2D eigenvalue weighted by molar-refractivity contribution is 6.35. The summed E-state index contributed by atoms with van der Waals surface area (Å²) in [6.45, 7) is 4.96. The molecule has 9 nitrogen and oxygen atoms in total. The maximum absolute atomic E-state index is 11.5. The van der Waals surface area contributed by atoms with E-state index < -0.39 is 24.4 Å². The lowest BCUT2D eigenvalue weighted by molar-refractivity contribution is -0.307. The highest BCUT2D eigenvalue weighted by Gasteiger charge is 2.13. The van der Waals surface area contributed by atoms with Gasteiger partial charge >= 0.3 is 11.8 Å². The van der Waals surface area contributed by atoms with Gasteiger partial charge in [0, 0.05) is 6.04 Å². The summed E-state index contributed by atoms with van der Waals surface area (Å²) in [7, 11) is 0. The van der Waals surface area contributed by atoms with Crippen LogP contribution in [0.2, 0.25) is 0 Å². The number of amides is 2. The predicted molar refractivity (Wildman–Crippen MR) is 87.1 cm³/mol. The highest BCUT2D eigenvalue weighted by atomic mass is 16.5. The Morgan fingerprint density at radius 2 is 1.92 bits per heavy atom. The van der Waals surface area contributed by atoms with Crippen molar-refractivity contribution in [1.29, 1.82) is 0 Å². The van der Waals surface area contributed by atoms with Gasteiger partial charge in [-0.3, -0.25) is 9.59 Å². The lowest BCUT2D eigenvalue weighted by Crippen LogP contribution is -2.41. The predicted octanol–water partition coefficient (Wildman–Crippen LogP) is -0.811. The second-order valence-corrected chi connectivity index (χ2v) is 5.13. The van der Waals surface area contributed by atoms with E-state index in [9.17, 15) is 19.5 Å². The second-order valence-electron chi connectivity index (χ2n) is 5.13. The van der Waals surface area contributed by atoms with Gasteiger partial charge in [-0.25, -0.2) is 5.43 Å². The van der Waals surface area contributed by atoms with E-state index in [0.717, 1.165) is 0 Å². The minimum Gasteiger partial charge on any atom is -0.546 e. The van der Waals surface area contributed by atoms with Crippen LogP contribution >= 0.6 is 0 Å². The molecule has 0 fully saturated rings. The fourth-order valence-electron chi connectivity index (χ4n) is 1.67. The number of hydrogen-bond donors (Lipinski definition) is 2. The molecule has 0 aliphatic rings. The standard InChI is InChI=1S/C16H21N3O6/c1-4-24-13-7-11(5-6-12(13)25-9-14(20)21)8-17-19-16(23)15(22)18-10(2)3/h5-8,10H,4,9H2,1-3H3,(H,18,22)(H,19,23)(H,20,21)/p-1/b17-8-. The molecule has 1 aromatic carbocycles. The number of nitrogens with one attached hydrogen (secondary N) is 2. The quantitative estimate of drug-likeness (QED) is 0.358. The smallest absolute Gasteiger partial charge is 0.329 e. The van der Waals surface area contributed by atoms with Crippen LogP contribution in [0, 0.1) is 0 Å². The monoisotopic (exact) mass is 350 g/mol. The van der Waals surface area contributed by atoms with Crippen molar-refractivity contribution in [3.05, 3.63) is 23.8 Å². The minimum absolute atomic E-state index is 0.162. The van der Waals surface area contributed by atoms with E-state index in [4.69, 9.17) is 9.47 Å². The third-order valence-electron chi connectivity index (χ3n) is 2.62. The Hall–Kier alpha value is -3.10. The Morgan fingerprint density at radius 1 is 1.20 bits per heavy atom. The van der Waals surface area contributed by atoms with Crippen LogP contribution in [0.25, 0.3) is 0 Å². The van der Waals surface area contributed by atoms with Crippen LogP contribution < -0.4 is 25.3 Å². The molecule has 0 aliphatic heterocycles. The molecule has 0 saturated carbocycles. The number of nitrogens with zero attached hydrogens (tertiary/aromatic N) is 1. The van der Waals surface area contributed by atoms with E-state index in [1.807, 2.05) is 0 Å². The lowest BCUT2D eigenvalue weighted by Gasteiger charge is -2.12. The fraction of sp³-hybridized carbons (Fsp3) is 0.375. The second kappa shape index (κ2) is 9.91. The average Bonchev–Trinajstić information content (AvgIpc) is 2.53. The van der Waals surface area contributed by atoms with Crippen LogP contribution in [0.4, 0.5) is 0 Å². The number of hydrogen-bond acceptors (Lipinski definition) is 7. The molecular formula is C16H20N3O6-. The van der Waals surface area contributed by atoms with E-state index in [0.29, 0.717) is 17.9 Å². The van der Waals surface area contributed by atoms with Crippen LogP contribution in [-0.4, -0.2) is 43.3 Å². The Kier molecular flexibility index (Phi) is 7.91. The first-order valence-electron chi connectivity index (χ1n) is 7.56. The van der Waals surface area contributed by atoms with E-state index in [1.165, 1.54) is 12.3 Å². The number of carbonyl (C=O) groups excluding carboxylic acids is 3. The van der Waals surface area contributed by atoms with Gasteiger partial charge in [-0.2, -0.15) is 5.10 Å². The Bertz CT molecular complexity index is 657. The molecular weight excluding hydrogens is 330 g/mol. The van der Waals surface area contributed by atoms with Crippen molar-refractivity contribution in [3.63, 3.8) is 0 Å². The SMILES string of the molecule is CCOc1cc(/C=N\NC(=O)C(=O)NC(C)C)ccc1OCC(=O)[O-]. The van der Waals surface area contributed by atoms with Gasteiger partial charge in [-0.05, 0) is 44.5 Å². The topological polar surface area (TPSA) is 129 Å². The number of carboxylic acid groups (broad SMARTS) is 1. The summed E-state index contributed by atoms with van der Waals surface area (Å²) >= 11 is 0. The molecule has 2 N–H and O–H groups in total. The van der Waals surface area contributed by atoms with Crippen molar-refractivity contribution in [2.24, 2.45) is 5.10 Å². The molecule has 0 heterocycles. The van der Waals surface area contributed by atoms with Gasteiger partial charge in [-0.15, -0.1) is 0 Å². The fourth-order valence-corrected chi connectivity index (χ4v) is 1.67. The van der Waals surface area contributed by atoms with Crippen LogP contribution in [0.3, 0.4) is 0 Å². The maximum atomic E-state index is 11.5. The average molecular weight is 350 g/mol. The maximum Gasteiger partial charge on any atom is 0.329 e. The first kappa shape index (κ1) is 19.9. The van der Waals surface area contributed by atoms with Crippen molar-refractivity contribution in [2.45, 2.75) is 26.8 Å². The first-order chi connectivity index (χ1) is 11.8. The highest BCUT2D eigenvalue weighted by Crippen LogP contribution is 2.27.